The molecule has 94 valence electrons. The smallest absolute Gasteiger partial charge is 0.314 e. The van der Waals surface area contributed by atoms with Gasteiger partial charge in [0.1, 0.15) is 5.60 Å². The van der Waals surface area contributed by atoms with E-state index in [-0.39, 0.29) is 12.6 Å². The molecule has 1 aliphatic carbocycles. The van der Waals surface area contributed by atoms with Gasteiger partial charge in [-0.2, -0.15) is 0 Å². The highest BCUT2D eigenvalue weighted by atomic mass is 32.1. The monoisotopic (exact) mass is 254 g/mol. The van der Waals surface area contributed by atoms with Crippen LogP contribution in [0, 0.1) is 5.92 Å². The van der Waals surface area contributed by atoms with Crippen molar-refractivity contribution in [1.29, 1.82) is 0 Å². The Morgan fingerprint density at radius 2 is 2.35 bits per heavy atom. The largest absolute Gasteiger partial charge is 0.383 e. The van der Waals surface area contributed by atoms with E-state index < -0.39 is 5.60 Å². The molecule has 0 saturated heterocycles. The Morgan fingerprint density at radius 3 is 2.94 bits per heavy atom. The SMILES string of the molecule is CC(O)(CNC(=O)NCC1CC1)c1cccs1. The van der Waals surface area contributed by atoms with Crippen molar-refractivity contribution in [3.05, 3.63) is 22.4 Å². The Bertz CT molecular complexity index is 372. The van der Waals surface area contributed by atoms with Crippen LogP contribution in [0.1, 0.15) is 24.6 Å². The zero-order valence-corrected chi connectivity index (χ0v) is 10.7. The molecular formula is C12H18N2O2S. The van der Waals surface area contributed by atoms with Crippen LogP contribution in [-0.2, 0) is 5.60 Å². The van der Waals surface area contributed by atoms with E-state index in [2.05, 4.69) is 10.6 Å². The highest BCUT2D eigenvalue weighted by Crippen LogP contribution is 2.27. The summed E-state index contributed by atoms with van der Waals surface area (Å²) in [6.45, 7) is 2.68. The number of hydrogen-bond acceptors (Lipinski definition) is 3. The van der Waals surface area contributed by atoms with Crippen LogP contribution in [0.4, 0.5) is 4.79 Å². The number of carbonyl (C=O) groups is 1. The molecule has 0 spiro atoms. The van der Waals surface area contributed by atoms with Gasteiger partial charge in [-0.3, -0.25) is 0 Å². The minimum atomic E-state index is -0.995. The molecule has 3 N–H and O–H groups in total. The molecule has 1 unspecified atom stereocenters. The quantitative estimate of drug-likeness (QED) is 0.748. The van der Waals surface area contributed by atoms with Crippen molar-refractivity contribution in [1.82, 2.24) is 10.6 Å². The number of carbonyl (C=O) groups excluding carboxylic acids is 1. The van der Waals surface area contributed by atoms with Crippen LogP contribution in [0.2, 0.25) is 0 Å². The fourth-order valence-corrected chi connectivity index (χ4v) is 2.33. The third-order valence-corrected chi connectivity index (χ3v) is 4.02. The summed E-state index contributed by atoms with van der Waals surface area (Å²) in [5, 5.41) is 17.6. The molecule has 0 aliphatic heterocycles. The van der Waals surface area contributed by atoms with Crippen molar-refractivity contribution in [3.63, 3.8) is 0 Å². The van der Waals surface area contributed by atoms with E-state index in [1.165, 1.54) is 24.2 Å². The van der Waals surface area contributed by atoms with Crippen LogP contribution in [0.15, 0.2) is 17.5 Å². The average Bonchev–Trinajstić information content (AvgIpc) is 2.94. The molecule has 2 amide bonds. The second kappa shape index (κ2) is 5.06. The molecule has 17 heavy (non-hydrogen) atoms. The first-order valence-corrected chi connectivity index (χ1v) is 6.74. The molecule has 5 heteroatoms. The molecule has 0 radical (unpaired) electrons. The van der Waals surface area contributed by atoms with E-state index in [1.807, 2.05) is 17.5 Å². The van der Waals surface area contributed by atoms with E-state index in [4.69, 9.17) is 0 Å². The molecule has 0 aromatic carbocycles. The maximum Gasteiger partial charge on any atom is 0.314 e. The van der Waals surface area contributed by atoms with E-state index in [1.54, 1.807) is 6.92 Å². The van der Waals surface area contributed by atoms with Gasteiger partial charge in [0.2, 0.25) is 0 Å². The number of rotatable bonds is 5. The summed E-state index contributed by atoms with van der Waals surface area (Å²) >= 11 is 1.49. The number of nitrogens with one attached hydrogen (secondary N) is 2. The maximum atomic E-state index is 11.5. The fourth-order valence-electron chi connectivity index (χ4n) is 1.55. The van der Waals surface area contributed by atoms with Gasteiger partial charge in [-0.25, -0.2) is 4.79 Å². The summed E-state index contributed by atoms with van der Waals surface area (Å²) in [5.41, 5.74) is -0.995. The molecule has 1 aromatic heterocycles. The van der Waals surface area contributed by atoms with Crippen LogP contribution in [0.25, 0.3) is 0 Å². The summed E-state index contributed by atoms with van der Waals surface area (Å²) in [5.74, 6) is 0.665. The van der Waals surface area contributed by atoms with Gasteiger partial charge in [-0.05, 0) is 37.1 Å². The van der Waals surface area contributed by atoms with Crippen LogP contribution in [0.5, 0.6) is 0 Å². The van der Waals surface area contributed by atoms with Crippen LogP contribution in [-0.4, -0.2) is 24.2 Å². The van der Waals surface area contributed by atoms with Gasteiger partial charge in [0.15, 0.2) is 0 Å². The number of hydrogen-bond donors (Lipinski definition) is 3. The number of thiophene rings is 1. The third-order valence-electron chi connectivity index (χ3n) is 2.89. The van der Waals surface area contributed by atoms with E-state index in [9.17, 15) is 9.90 Å². The number of urea groups is 1. The average molecular weight is 254 g/mol. The van der Waals surface area contributed by atoms with Crippen LogP contribution >= 0.6 is 11.3 Å². The first kappa shape index (κ1) is 12.4. The van der Waals surface area contributed by atoms with Crippen molar-refractivity contribution in [2.45, 2.75) is 25.4 Å². The second-order valence-corrected chi connectivity index (χ2v) is 5.71. The molecule has 0 bridgehead atoms. The van der Waals surface area contributed by atoms with Crippen LogP contribution in [0.3, 0.4) is 0 Å². The predicted molar refractivity (Wildman–Crippen MR) is 68.0 cm³/mol. The van der Waals surface area contributed by atoms with E-state index >= 15 is 0 Å². The number of amides is 2. The zero-order chi connectivity index (χ0) is 12.3. The Labute approximate surface area is 105 Å². The standard InChI is InChI=1S/C12H18N2O2S/c1-12(16,10-3-2-6-17-10)8-14-11(15)13-7-9-4-5-9/h2-3,6,9,16H,4-5,7-8H2,1H3,(H2,13,14,15). The van der Waals surface area contributed by atoms with Crippen LogP contribution < -0.4 is 10.6 Å². The predicted octanol–water partition coefficient (Wildman–Crippen LogP) is 1.66. The lowest BCUT2D eigenvalue weighted by molar-refractivity contribution is 0.0631. The molecule has 1 aromatic rings. The van der Waals surface area contributed by atoms with Gasteiger partial charge < -0.3 is 15.7 Å². The molecular weight excluding hydrogens is 236 g/mol. The van der Waals surface area contributed by atoms with Crippen molar-refractivity contribution < 1.29 is 9.90 Å². The Morgan fingerprint density at radius 1 is 1.59 bits per heavy atom. The van der Waals surface area contributed by atoms with Crippen molar-refractivity contribution >= 4 is 17.4 Å². The molecule has 1 saturated carbocycles. The summed E-state index contributed by atoms with van der Waals surface area (Å²) in [6, 6.07) is 3.56. The Balaban J connectivity index is 1.74. The van der Waals surface area contributed by atoms with Crippen molar-refractivity contribution in [2.24, 2.45) is 5.92 Å². The topological polar surface area (TPSA) is 61.4 Å². The summed E-state index contributed by atoms with van der Waals surface area (Å²) < 4.78 is 0. The second-order valence-electron chi connectivity index (χ2n) is 4.76. The first-order chi connectivity index (χ1) is 8.08. The summed E-state index contributed by atoms with van der Waals surface area (Å²) in [6.07, 6.45) is 2.43. The third kappa shape index (κ3) is 3.71. The maximum absolute atomic E-state index is 11.5. The molecule has 1 heterocycles. The van der Waals surface area contributed by atoms with Crippen molar-refractivity contribution in [2.75, 3.05) is 13.1 Å². The molecule has 4 nitrogen and oxygen atoms in total. The van der Waals surface area contributed by atoms with Gasteiger partial charge in [-0.1, -0.05) is 6.07 Å². The summed E-state index contributed by atoms with van der Waals surface area (Å²) in [4.78, 5) is 12.3. The Kier molecular flexibility index (Phi) is 3.69. The van der Waals surface area contributed by atoms with Gasteiger partial charge >= 0.3 is 6.03 Å². The lowest BCUT2D eigenvalue weighted by atomic mass is 10.1. The van der Waals surface area contributed by atoms with E-state index in [0.717, 1.165) is 11.4 Å². The molecule has 1 aliphatic rings. The normalized spacial score (nSPS) is 18.5. The molecule has 1 atom stereocenters. The lowest BCUT2D eigenvalue weighted by Crippen LogP contribution is -2.43. The fraction of sp³-hybridized carbons (Fsp3) is 0.583. The zero-order valence-electron chi connectivity index (χ0n) is 9.90. The molecule has 1 fully saturated rings. The highest BCUT2D eigenvalue weighted by Gasteiger charge is 2.25. The minimum Gasteiger partial charge on any atom is -0.383 e. The summed E-state index contributed by atoms with van der Waals surface area (Å²) in [7, 11) is 0. The number of aliphatic hydroxyl groups is 1. The van der Waals surface area contributed by atoms with Gasteiger partial charge in [0.25, 0.3) is 0 Å². The minimum absolute atomic E-state index is 0.200. The highest BCUT2D eigenvalue weighted by molar-refractivity contribution is 7.10. The van der Waals surface area contributed by atoms with Gasteiger partial charge in [0.05, 0.1) is 6.54 Å². The lowest BCUT2D eigenvalue weighted by Gasteiger charge is -2.22. The van der Waals surface area contributed by atoms with Crippen molar-refractivity contribution in [3.8, 4) is 0 Å². The van der Waals surface area contributed by atoms with E-state index in [0.29, 0.717) is 5.92 Å². The first-order valence-electron chi connectivity index (χ1n) is 5.86. The Hall–Kier alpha value is -1.07. The van der Waals surface area contributed by atoms with Gasteiger partial charge in [-0.15, -0.1) is 11.3 Å². The molecule has 2 rings (SSSR count). The van der Waals surface area contributed by atoms with Gasteiger partial charge in [0, 0.05) is 11.4 Å².